The molecule has 1 aromatic carbocycles. The highest BCUT2D eigenvalue weighted by molar-refractivity contribution is 9.09. The second kappa shape index (κ2) is 6.53. The largest absolute Gasteiger partial charge is 0.144 e. The fourth-order valence-corrected chi connectivity index (χ4v) is 3.72. The van der Waals surface area contributed by atoms with E-state index in [1.807, 2.05) is 11.3 Å². The van der Waals surface area contributed by atoms with Gasteiger partial charge in [-0.25, -0.2) is 0 Å². The summed E-state index contributed by atoms with van der Waals surface area (Å²) in [6.07, 6.45) is 3.51. The summed E-state index contributed by atoms with van der Waals surface area (Å²) in [5.41, 5.74) is 2.78. The molecule has 18 heavy (non-hydrogen) atoms. The van der Waals surface area contributed by atoms with Crippen LogP contribution in [0.15, 0.2) is 36.4 Å². The molecule has 96 valence electrons. The van der Waals surface area contributed by atoms with E-state index in [9.17, 15) is 0 Å². The molecule has 1 aromatic heterocycles. The summed E-state index contributed by atoms with van der Waals surface area (Å²) in [7, 11) is 0. The molecule has 0 nitrogen and oxygen atoms in total. The van der Waals surface area contributed by atoms with Crippen LogP contribution in [-0.4, -0.2) is 0 Å². The van der Waals surface area contributed by atoms with Gasteiger partial charge in [0.15, 0.2) is 0 Å². The second-order valence-electron chi connectivity index (χ2n) is 4.51. The zero-order chi connectivity index (χ0) is 13.0. The number of benzene rings is 1. The lowest BCUT2D eigenvalue weighted by molar-refractivity contribution is 0.920. The topological polar surface area (TPSA) is 0 Å². The molecule has 0 N–H and O–H groups in total. The fraction of sp³-hybridized carbons (Fsp3) is 0.375. The van der Waals surface area contributed by atoms with Crippen molar-refractivity contribution in [3.05, 3.63) is 57.3 Å². The average molecular weight is 323 g/mol. The lowest BCUT2D eigenvalue weighted by Crippen LogP contribution is -1.90. The van der Waals surface area contributed by atoms with Crippen molar-refractivity contribution in [2.75, 3.05) is 0 Å². The molecule has 1 atom stereocenters. The molecule has 0 saturated heterocycles. The first-order valence-corrected chi connectivity index (χ1v) is 8.29. The van der Waals surface area contributed by atoms with Gasteiger partial charge < -0.3 is 0 Å². The summed E-state index contributed by atoms with van der Waals surface area (Å²) in [5, 5.41) is 0. The number of rotatable bonds is 5. The highest BCUT2D eigenvalue weighted by atomic mass is 79.9. The summed E-state index contributed by atoms with van der Waals surface area (Å²) in [6, 6.07) is 13.5. The Balaban J connectivity index is 2.14. The van der Waals surface area contributed by atoms with E-state index in [-0.39, 0.29) is 0 Å². The molecule has 0 spiro atoms. The maximum Gasteiger partial charge on any atom is 0.0738 e. The first-order valence-electron chi connectivity index (χ1n) is 6.56. The molecule has 2 aromatic rings. The Bertz CT molecular complexity index is 484. The summed E-state index contributed by atoms with van der Waals surface area (Å²) in [4.78, 5) is 3.19. The summed E-state index contributed by atoms with van der Waals surface area (Å²) < 4.78 is 0. The molecule has 0 amide bonds. The molecule has 0 bridgehead atoms. The van der Waals surface area contributed by atoms with Gasteiger partial charge in [-0.1, -0.05) is 60.5 Å². The molecule has 2 heteroatoms. The number of thiophene rings is 1. The van der Waals surface area contributed by atoms with Crippen LogP contribution >= 0.6 is 27.3 Å². The van der Waals surface area contributed by atoms with E-state index in [2.05, 4.69) is 66.2 Å². The van der Waals surface area contributed by atoms with Gasteiger partial charge in [0.05, 0.1) is 4.83 Å². The van der Waals surface area contributed by atoms with Crippen molar-refractivity contribution >= 4 is 27.3 Å². The van der Waals surface area contributed by atoms with Crippen LogP contribution in [0, 0.1) is 0 Å². The molecule has 0 fully saturated rings. The minimum absolute atomic E-state index is 0.332. The van der Waals surface area contributed by atoms with Crippen LogP contribution in [0.25, 0.3) is 0 Å². The lowest BCUT2D eigenvalue weighted by Gasteiger charge is -2.09. The normalized spacial score (nSPS) is 12.6. The van der Waals surface area contributed by atoms with Crippen LogP contribution in [0.2, 0.25) is 0 Å². The van der Waals surface area contributed by atoms with Crippen molar-refractivity contribution in [2.45, 2.75) is 37.9 Å². The van der Waals surface area contributed by atoms with Gasteiger partial charge in [-0.15, -0.1) is 11.3 Å². The van der Waals surface area contributed by atoms with E-state index < -0.39 is 0 Å². The van der Waals surface area contributed by atoms with Gasteiger partial charge in [0, 0.05) is 9.75 Å². The second-order valence-corrected chi connectivity index (χ2v) is 6.63. The van der Waals surface area contributed by atoms with E-state index in [4.69, 9.17) is 0 Å². The molecular formula is C16H19BrS. The predicted octanol–water partition coefficient (Wildman–Crippen LogP) is 5.75. The Labute approximate surface area is 122 Å². The summed E-state index contributed by atoms with van der Waals surface area (Å²) >= 11 is 5.71. The number of alkyl halides is 1. The van der Waals surface area contributed by atoms with Crippen LogP contribution in [0.1, 0.15) is 46.0 Å². The van der Waals surface area contributed by atoms with Gasteiger partial charge in [0.2, 0.25) is 0 Å². The van der Waals surface area contributed by atoms with Gasteiger partial charge in [-0.2, -0.15) is 0 Å². The van der Waals surface area contributed by atoms with Crippen molar-refractivity contribution in [1.29, 1.82) is 0 Å². The van der Waals surface area contributed by atoms with E-state index in [1.54, 1.807) is 0 Å². The zero-order valence-corrected chi connectivity index (χ0v) is 13.4. The Hall–Kier alpha value is -0.600. The molecule has 2 rings (SSSR count). The highest BCUT2D eigenvalue weighted by Gasteiger charge is 2.12. The van der Waals surface area contributed by atoms with Crippen molar-refractivity contribution in [1.82, 2.24) is 0 Å². The van der Waals surface area contributed by atoms with Crippen molar-refractivity contribution in [2.24, 2.45) is 0 Å². The van der Waals surface area contributed by atoms with Crippen LogP contribution in [0.4, 0.5) is 0 Å². The fourth-order valence-electron chi connectivity index (χ4n) is 2.03. The van der Waals surface area contributed by atoms with Crippen LogP contribution < -0.4 is 0 Å². The quantitative estimate of drug-likeness (QED) is 0.615. The Morgan fingerprint density at radius 2 is 1.78 bits per heavy atom. The Morgan fingerprint density at radius 3 is 2.33 bits per heavy atom. The molecular weight excluding hydrogens is 304 g/mol. The SMILES string of the molecule is CCCc1ccc(C(Br)c2ccc(CC)s2)cc1. The van der Waals surface area contributed by atoms with Crippen molar-refractivity contribution in [3.8, 4) is 0 Å². The van der Waals surface area contributed by atoms with E-state index in [0.717, 1.165) is 6.42 Å². The number of halogens is 1. The number of aryl methyl sites for hydroxylation is 2. The van der Waals surface area contributed by atoms with Crippen LogP contribution in [-0.2, 0) is 12.8 Å². The van der Waals surface area contributed by atoms with Crippen LogP contribution in [0.3, 0.4) is 0 Å². The molecule has 0 aliphatic rings. The summed E-state index contributed by atoms with van der Waals surface area (Å²) in [5.74, 6) is 0. The van der Waals surface area contributed by atoms with Gasteiger partial charge in [-0.05, 0) is 36.1 Å². The first-order chi connectivity index (χ1) is 8.74. The van der Waals surface area contributed by atoms with Crippen molar-refractivity contribution in [3.63, 3.8) is 0 Å². The third-order valence-electron chi connectivity index (χ3n) is 3.09. The predicted molar refractivity (Wildman–Crippen MR) is 84.9 cm³/mol. The maximum atomic E-state index is 3.81. The smallest absolute Gasteiger partial charge is 0.0738 e. The highest BCUT2D eigenvalue weighted by Crippen LogP contribution is 2.35. The minimum atomic E-state index is 0.332. The Kier molecular flexibility index (Phi) is 5.02. The number of hydrogen-bond acceptors (Lipinski definition) is 1. The third-order valence-corrected chi connectivity index (χ3v) is 5.71. The molecule has 0 aliphatic carbocycles. The monoisotopic (exact) mass is 322 g/mol. The number of hydrogen-bond donors (Lipinski definition) is 0. The maximum absolute atomic E-state index is 3.81. The average Bonchev–Trinajstić information content (AvgIpc) is 2.88. The first kappa shape index (κ1) is 13.8. The molecule has 1 heterocycles. The Morgan fingerprint density at radius 1 is 1.06 bits per heavy atom. The molecule has 0 radical (unpaired) electrons. The van der Waals surface area contributed by atoms with Gasteiger partial charge >= 0.3 is 0 Å². The minimum Gasteiger partial charge on any atom is -0.144 e. The van der Waals surface area contributed by atoms with Gasteiger partial charge in [0.25, 0.3) is 0 Å². The van der Waals surface area contributed by atoms with Gasteiger partial charge in [-0.3, -0.25) is 0 Å². The summed E-state index contributed by atoms with van der Waals surface area (Å²) in [6.45, 7) is 4.43. The molecule has 0 saturated carbocycles. The lowest BCUT2D eigenvalue weighted by atomic mass is 10.1. The van der Waals surface area contributed by atoms with Crippen molar-refractivity contribution < 1.29 is 0 Å². The zero-order valence-electron chi connectivity index (χ0n) is 10.9. The molecule has 1 unspecified atom stereocenters. The van der Waals surface area contributed by atoms with Crippen LogP contribution in [0.5, 0.6) is 0 Å². The van der Waals surface area contributed by atoms with E-state index >= 15 is 0 Å². The van der Waals surface area contributed by atoms with Gasteiger partial charge in [0.1, 0.15) is 0 Å². The van der Waals surface area contributed by atoms with E-state index in [0.29, 0.717) is 4.83 Å². The van der Waals surface area contributed by atoms with E-state index in [1.165, 1.54) is 33.7 Å². The standard InChI is InChI=1S/C16H19BrS/c1-3-5-12-6-8-13(9-7-12)16(17)15-11-10-14(4-2)18-15/h6-11,16H,3-5H2,1-2H3. The third kappa shape index (κ3) is 3.24. The molecule has 0 aliphatic heterocycles.